The minimum Gasteiger partial charge on any atom is -0.345 e. The van der Waals surface area contributed by atoms with Gasteiger partial charge in [-0.1, -0.05) is 0 Å². The number of halogens is 1. The molecule has 0 unspecified atom stereocenters. The van der Waals surface area contributed by atoms with Crippen LogP contribution in [0.25, 0.3) is 0 Å². The summed E-state index contributed by atoms with van der Waals surface area (Å²) < 4.78 is 0.860. The van der Waals surface area contributed by atoms with Crippen molar-refractivity contribution in [3.8, 4) is 0 Å². The van der Waals surface area contributed by atoms with Crippen LogP contribution in [0.1, 0.15) is 15.4 Å². The highest BCUT2D eigenvalue weighted by Crippen LogP contribution is 2.23. The predicted octanol–water partition coefficient (Wildman–Crippen LogP) is 2.90. The minimum atomic E-state index is -0.0710. The summed E-state index contributed by atoms with van der Waals surface area (Å²) in [6.07, 6.45) is 1.73. The first kappa shape index (κ1) is 10.8. The normalized spacial score (nSPS) is 10.2. The second-order valence-electron chi connectivity index (χ2n) is 2.72. The molecule has 0 aromatic carbocycles. The van der Waals surface area contributed by atoms with Crippen LogP contribution in [0.3, 0.4) is 0 Å². The molecule has 0 aliphatic heterocycles. The van der Waals surface area contributed by atoms with Crippen LogP contribution in [-0.4, -0.2) is 10.9 Å². The van der Waals surface area contributed by atoms with E-state index in [9.17, 15) is 4.79 Å². The number of nitrogens with one attached hydrogen (secondary N) is 1. The molecule has 2 rings (SSSR count). The predicted molar refractivity (Wildman–Crippen MR) is 65.3 cm³/mol. The second-order valence-corrected chi connectivity index (χ2v) is 5.93. The Morgan fingerprint density at radius 1 is 1.47 bits per heavy atom. The van der Waals surface area contributed by atoms with Gasteiger partial charge >= 0.3 is 0 Å². The number of rotatable bonds is 3. The number of amides is 1. The zero-order chi connectivity index (χ0) is 10.7. The zero-order valence-corrected chi connectivity index (χ0v) is 10.8. The van der Waals surface area contributed by atoms with E-state index in [4.69, 9.17) is 0 Å². The van der Waals surface area contributed by atoms with Crippen molar-refractivity contribution >= 4 is 44.5 Å². The molecule has 0 aliphatic rings. The molecule has 1 N–H and O–H groups in total. The van der Waals surface area contributed by atoms with Gasteiger partial charge in [0.2, 0.25) is 0 Å². The second kappa shape index (κ2) is 4.87. The van der Waals surface area contributed by atoms with Gasteiger partial charge in [0.15, 0.2) is 0 Å². The number of hydrogen-bond donors (Lipinski definition) is 1. The van der Waals surface area contributed by atoms with E-state index in [0.717, 1.165) is 8.79 Å². The number of aromatic nitrogens is 1. The molecule has 78 valence electrons. The van der Waals surface area contributed by atoms with E-state index in [-0.39, 0.29) is 5.91 Å². The Labute approximate surface area is 103 Å². The van der Waals surface area contributed by atoms with Gasteiger partial charge in [0.1, 0.15) is 5.01 Å². The van der Waals surface area contributed by atoms with Gasteiger partial charge in [-0.05, 0) is 27.4 Å². The van der Waals surface area contributed by atoms with Gasteiger partial charge in [0, 0.05) is 11.6 Å². The van der Waals surface area contributed by atoms with Crippen LogP contribution in [-0.2, 0) is 6.54 Å². The molecule has 0 spiro atoms. The molecule has 0 atom stereocenters. The smallest absolute Gasteiger partial charge is 0.253 e. The van der Waals surface area contributed by atoms with Crippen LogP contribution < -0.4 is 5.32 Å². The molecule has 2 heterocycles. The lowest BCUT2D eigenvalue weighted by molar-refractivity contribution is 0.0950. The van der Waals surface area contributed by atoms with E-state index in [2.05, 4.69) is 26.2 Å². The average molecular weight is 303 g/mol. The Morgan fingerprint density at radius 2 is 2.33 bits per heavy atom. The zero-order valence-electron chi connectivity index (χ0n) is 7.57. The molecule has 3 nitrogen and oxygen atoms in total. The standard InChI is InChI=1S/C9H7BrN2OS2/c10-8-6(1-3-15-8)9(13)12-5-7-11-2-4-14-7/h1-4H,5H2,(H,12,13). The van der Waals surface area contributed by atoms with Gasteiger partial charge in [-0.2, -0.15) is 0 Å². The third-order valence-electron chi connectivity index (χ3n) is 1.75. The van der Waals surface area contributed by atoms with Crippen molar-refractivity contribution in [2.75, 3.05) is 0 Å². The highest BCUT2D eigenvalue weighted by atomic mass is 79.9. The quantitative estimate of drug-likeness (QED) is 0.947. The van der Waals surface area contributed by atoms with Crippen LogP contribution >= 0.6 is 38.6 Å². The highest BCUT2D eigenvalue weighted by molar-refractivity contribution is 9.11. The molecule has 2 aromatic heterocycles. The van der Waals surface area contributed by atoms with Crippen LogP contribution in [0.2, 0.25) is 0 Å². The highest BCUT2D eigenvalue weighted by Gasteiger charge is 2.10. The summed E-state index contributed by atoms with van der Waals surface area (Å²) >= 11 is 6.36. The first-order chi connectivity index (χ1) is 7.27. The Bertz CT molecular complexity index is 452. The Hall–Kier alpha value is -0.720. The maximum atomic E-state index is 11.7. The largest absolute Gasteiger partial charge is 0.345 e. The van der Waals surface area contributed by atoms with Crippen LogP contribution in [0.15, 0.2) is 26.8 Å². The summed E-state index contributed by atoms with van der Waals surface area (Å²) in [4.78, 5) is 15.8. The van der Waals surface area contributed by atoms with Crippen molar-refractivity contribution in [3.63, 3.8) is 0 Å². The van der Waals surface area contributed by atoms with Crippen LogP contribution in [0, 0.1) is 0 Å². The van der Waals surface area contributed by atoms with Crippen LogP contribution in [0.5, 0.6) is 0 Å². The summed E-state index contributed by atoms with van der Waals surface area (Å²) in [6.45, 7) is 0.485. The Morgan fingerprint density at radius 3 is 2.93 bits per heavy atom. The van der Waals surface area contributed by atoms with Gasteiger partial charge in [-0.3, -0.25) is 4.79 Å². The fourth-order valence-corrected chi connectivity index (χ4v) is 2.85. The Kier molecular flexibility index (Phi) is 3.50. The Balaban J connectivity index is 1.96. The van der Waals surface area contributed by atoms with E-state index in [1.165, 1.54) is 22.7 Å². The molecule has 15 heavy (non-hydrogen) atoms. The van der Waals surface area contributed by atoms with E-state index in [0.29, 0.717) is 12.1 Å². The summed E-state index contributed by atoms with van der Waals surface area (Å²) in [5.74, 6) is -0.0710. The SMILES string of the molecule is O=C(NCc1nccs1)c1ccsc1Br. The average Bonchev–Trinajstić information content (AvgIpc) is 2.84. The van der Waals surface area contributed by atoms with Crippen LogP contribution in [0.4, 0.5) is 0 Å². The van der Waals surface area contributed by atoms with Gasteiger partial charge in [-0.15, -0.1) is 22.7 Å². The molecule has 0 radical (unpaired) electrons. The van der Waals surface area contributed by atoms with Gasteiger partial charge in [-0.25, -0.2) is 4.98 Å². The number of nitrogens with zero attached hydrogens (tertiary/aromatic N) is 1. The molecule has 0 fully saturated rings. The summed E-state index contributed by atoms with van der Waals surface area (Å²) in [7, 11) is 0. The number of carbonyl (C=O) groups excluding carboxylic acids is 1. The molecule has 1 amide bonds. The number of hydrogen-bond acceptors (Lipinski definition) is 4. The molecule has 2 aromatic rings. The van der Waals surface area contributed by atoms with E-state index < -0.39 is 0 Å². The van der Waals surface area contributed by atoms with Gasteiger partial charge in [0.25, 0.3) is 5.91 Å². The lowest BCUT2D eigenvalue weighted by Crippen LogP contribution is -2.22. The number of carbonyl (C=O) groups is 1. The van der Waals surface area contributed by atoms with Crippen molar-refractivity contribution in [2.24, 2.45) is 0 Å². The van der Waals surface area contributed by atoms with E-state index >= 15 is 0 Å². The van der Waals surface area contributed by atoms with Crippen molar-refractivity contribution in [1.82, 2.24) is 10.3 Å². The third-order valence-corrected chi connectivity index (χ3v) is 4.21. The fourth-order valence-electron chi connectivity index (χ4n) is 1.05. The summed E-state index contributed by atoms with van der Waals surface area (Å²) in [6, 6.07) is 1.80. The summed E-state index contributed by atoms with van der Waals surface area (Å²) in [5.41, 5.74) is 0.677. The van der Waals surface area contributed by atoms with Gasteiger partial charge < -0.3 is 5.32 Å². The van der Waals surface area contributed by atoms with Crippen molar-refractivity contribution in [3.05, 3.63) is 37.4 Å². The number of thiazole rings is 1. The maximum absolute atomic E-state index is 11.7. The molecule has 0 saturated carbocycles. The monoisotopic (exact) mass is 302 g/mol. The molecule has 0 aliphatic carbocycles. The topological polar surface area (TPSA) is 42.0 Å². The van der Waals surface area contributed by atoms with Crippen molar-refractivity contribution in [1.29, 1.82) is 0 Å². The lowest BCUT2D eigenvalue weighted by Gasteiger charge is -2.01. The minimum absolute atomic E-state index is 0.0710. The fraction of sp³-hybridized carbons (Fsp3) is 0.111. The molecular weight excluding hydrogens is 296 g/mol. The number of thiophene rings is 1. The maximum Gasteiger partial charge on any atom is 0.253 e. The third kappa shape index (κ3) is 2.64. The summed E-state index contributed by atoms with van der Waals surface area (Å²) in [5, 5.41) is 7.49. The van der Waals surface area contributed by atoms with Crippen molar-refractivity contribution < 1.29 is 4.79 Å². The van der Waals surface area contributed by atoms with Gasteiger partial charge in [0.05, 0.1) is 15.9 Å². The molecular formula is C9H7BrN2OS2. The van der Waals surface area contributed by atoms with E-state index in [1.807, 2.05) is 10.8 Å². The van der Waals surface area contributed by atoms with Crippen molar-refractivity contribution in [2.45, 2.75) is 6.54 Å². The molecule has 0 saturated heterocycles. The first-order valence-electron chi connectivity index (χ1n) is 4.17. The first-order valence-corrected chi connectivity index (χ1v) is 6.72. The molecule has 6 heteroatoms. The molecule has 0 bridgehead atoms. The lowest BCUT2D eigenvalue weighted by atomic mass is 10.3. The van der Waals surface area contributed by atoms with E-state index in [1.54, 1.807) is 12.3 Å².